The van der Waals surface area contributed by atoms with Gasteiger partial charge < -0.3 is 20.7 Å². The zero-order valence-electron chi connectivity index (χ0n) is 25.0. The molecule has 0 bridgehead atoms. The highest BCUT2D eigenvalue weighted by atomic mass is 16.5. The van der Waals surface area contributed by atoms with E-state index in [1.165, 1.54) is 12.0 Å². The lowest BCUT2D eigenvalue weighted by Gasteiger charge is -2.52. The summed E-state index contributed by atoms with van der Waals surface area (Å²) < 4.78 is 5.60. The molecule has 2 saturated carbocycles. The highest BCUT2D eigenvalue weighted by Gasteiger charge is 2.69. The van der Waals surface area contributed by atoms with Crippen LogP contribution in [0.3, 0.4) is 0 Å². The fourth-order valence-corrected chi connectivity index (χ4v) is 8.06. The summed E-state index contributed by atoms with van der Waals surface area (Å²) in [5.41, 5.74) is 5.11. The highest BCUT2D eigenvalue weighted by molar-refractivity contribution is 6.32. The van der Waals surface area contributed by atoms with Gasteiger partial charge >= 0.3 is 0 Å². The number of benzene rings is 2. The van der Waals surface area contributed by atoms with Gasteiger partial charge in [-0.1, -0.05) is 18.2 Å². The number of hydrogen-bond acceptors (Lipinski definition) is 10. The number of aromatic hydroxyl groups is 1. The van der Waals surface area contributed by atoms with Crippen LogP contribution in [0.4, 0.5) is 0 Å². The number of fused-ring (bicyclic) bond motifs is 3. The molecule has 0 spiro atoms. The Morgan fingerprint density at radius 1 is 1.07 bits per heavy atom. The number of primary amides is 1. The molecule has 1 aliphatic heterocycles. The van der Waals surface area contributed by atoms with Gasteiger partial charge in [-0.05, 0) is 82.0 Å². The van der Waals surface area contributed by atoms with Crippen molar-refractivity contribution < 1.29 is 38.9 Å². The van der Waals surface area contributed by atoms with Gasteiger partial charge in [-0.15, -0.1) is 0 Å². The normalized spacial score (nSPS) is 30.2. The maximum atomic E-state index is 14.1. The van der Waals surface area contributed by atoms with Gasteiger partial charge in [0.15, 0.2) is 34.7 Å². The third-order valence-electron chi connectivity index (χ3n) is 10.1. The number of aliphatic hydroxyl groups is 1. The van der Waals surface area contributed by atoms with Crippen molar-refractivity contribution in [3.8, 4) is 22.6 Å². The fraction of sp³-hybridized carbons (Fsp3) is 0.485. The molecular weight excluding hydrogens is 566 g/mol. The molecule has 0 radical (unpaired) electrons. The lowest BCUT2D eigenvalue weighted by Crippen LogP contribution is -2.74. The summed E-state index contributed by atoms with van der Waals surface area (Å²) in [7, 11) is 4.64. The summed E-state index contributed by atoms with van der Waals surface area (Å²) in [6, 6.07) is 8.07. The van der Waals surface area contributed by atoms with E-state index in [0.717, 1.165) is 38.0 Å². The Morgan fingerprint density at radius 3 is 2.41 bits per heavy atom. The third-order valence-corrected chi connectivity index (χ3v) is 10.1. The Labute approximate surface area is 254 Å². The van der Waals surface area contributed by atoms with Crippen molar-refractivity contribution in [2.45, 2.75) is 43.9 Å². The van der Waals surface area contributed by atoms with E-state index in [0.29, 0.717) is 22.4 Å². The Kier molecular flexibility index (Phi) is 7.46. The van der Waals surface area contributed by atoms with Gasteiger partial charge in [0, 0.05) is 23.6 Å². The number of ketones is 4. The number of phenolic OH excluding ortho intramolecular Hbond substituents is 1. The van der Waals surface area contributed by atoms with Gasteiger partial charge in [-0.2, -0.15) is 0 Å². The Balaban J connectivity index is 1.41. The first-order chi connectivity index (χ1) is 20.9. The molecule has 3 fully saturated rings. The largest absolute Gasteiger partial charge is 0.507 e. The summed E-state index contributed by atoms with van der Waals surface area (Å²) >= 11 is 0. The quantitative estimate of drug-likeness (QED) is 0.407. The summed E-state index contributed by atoms with van der Waals surface area (Å²) in [4.78, 5) is 70.9. The molecule has 1 amide bonds. The number of nitrogens with two attached hydrogens (primary N) is 1. The van der Waals surface area contributed by atoms with Crippen LogP contribution in [0, 0.1) is 23.7 Å². The minimum absolute atomic E-state index is 0.0127. The number of phenols is 1. The van der Waals surface area contributed by atoms with Crippen LogP contribution in [0.15, 0.2) is 30.3 Å². The van der Waals surface area contributed by atoms with Gasteiger partial charge in [0.2, 0.25) is 5.91 Å². The number of rotatable bonds is 6. The summed E-state index contributed by atoms with van der Waals surface area (Å²) in [6.45, 7) is 2.75. The van der Waals surface area contributed by atoms with E-state index in [-0.39, 0.29) is 24.2 Å². The van der Waals surface area contributed by atoms with Gasteiger partial charge in [0.25, 0.3) is 0 Å². The standard InChI is InChI=1S/C33H37N3O8/c1-35(2)26-21-14-18-13-17-7-8-19(20-12-16(6-9-22(20)44-3)15-36-10-4-5-11-36)27(37)23(17)28(38)24(18)30(40)33(21,43)31(41)25(29(26)39)32(34)42/h6-9,12,18,21,24-26,37,43H,4-5,10-11,13-15H2,1-3H3,(H2,34,42)/t18-,21-,24?,25?,26-,33-/m0/s1. The van der Waals surface area contributed by atoms with E-state index in [1.54, 1.807) is 26.2 Å². The van der Waals surface area contributed by atoms with Crippen LogP contribution >= 0.6 is 0 Å². The molecule has 1 heterocycles. The maximum Gasteiger partial charge on any atom is 0.235 e. The van der Waals surface area contributed by atoms with Crippen molar-refractivity contribution in [2.75, 3.05) is 34.3 Å². The molecule has 2 aromatic rings. The first-order valence-corrected chi connectivity index (χ1v) is 15.0. The predicted octanol–water partition coefficient (Wildman–Crippen LogP) is 1.14. The van der Waals surface area contributed by atoms with Crippen LogP contribution in [-0.2, 0) is 32.1 Å². The third kappa shape index (κ3) is 4.40. The SMILES string of the molecule is COc1ccc(CN2CCCC2)cc1-c1ccc2c(c1O)C(=O)C1C(=O)[C@]3(O)C(=O)C(C(N)=O)C(=O)[C@@H](N(C)C)[C@@H]3C[C@@H]1C2. The van der Waals surface area contributed by atoms with Gasteiger partial charge in [-0.25, -0.2) is 0 Å². The van der Waals surface area contributed by atoms with Crippen LogP contribution in [0.5, 0.6) is 11.5 Å². The monoisotopic (exact) mass is 603 g/mol. The molecule has 44 heavy (non-hydrogen) atoms. The smallest absolute Gasteiger partial charge is 0.235 e. The van der Waals surface area contributed by atoms with Crippen LogP contribution in [0.1, 0.15) is 40.7 Å². The second kappa shape index (κ2) is 10.9. The number of amides is 1. The molecule has 4 N–H and O–H groups in total. The topological polar surface area (TPSA) is 168 Å². The number of hydrogen-bond donors (Lipinski definition) is 3. The molecule has 4 aliphatic rings. The Hall–Kier alpha value is -3.93. The second-order valence-corrected chi connectivity index (χ2v) is 12.8. The molecule has 2 unspecified atom stereocenters. The number of carbonyl (C=O) groups excluding carboxylic acids is 5. The average molecular weight is 604 g/mol. The number of Topliss-reactive ketones (excluding diaryl/α,β-unsaturated/α-hetero) is 4. The van der Waals surface area contributed by atoms with E-state index in [4.69, 9.17) is 10.5 Å². The molecule has 0 aromatic heterocycles. The molecular formula is C33H37N3O8. The minimum atomic E-state index is -2.75. The van der Waals surface area contributed by atoms with Crippen molar-refractivity contribution in [2.24, 2.45) is 29.4 Å². The Morgan fingerprint density at radius 2 is 1.77 bits per heavy atom. The van der Waals surface area contributed by atoms with E-state index in [9.17, 15) is 34.2 Å². The van der Waals surface area contributed by atoms with E-state index < -0.39 is 64.4 Å². The van der Waals surface area contributed by atoms with E-state index in [1.807, 2.05) is 18.2 Å². The fourth-order valence-electron chi connectivity index (χ4n) is 8.06. The van der Waals surface area contributed by atoms with Gasteiger partial charge in [0.05, 0.1) is 24.6 Å². The zero-order valence-corrected chi connectivity index (χ0v) is 25.0. The number of methoxy groups -OCH3 is 1. The van der Waals surface area contributed by atoms with Crippen molar-refractivity contribution in [3.05, 3.63) is 47.0 Å². The summed E-state index contributed by atoms with van der Waals surface area (Å²) in [6.07, 6.45) is 2.52. The van der Waals surface area contributed by atoms with Crippen molar-refractivity contribution >= 4 is 29.0 Å². The van der Waals surface area contributed by atoms with Crippen molar-refractivity contribution in [1.82, 2.24) is 9.80 Å². The van der Waals surface area contributed by atoms with E-state index in [2.05, 4.69) is 4.90 Å². The van der Waals surface area contributed by atoms with Crippen LogP contribution < -0.4 is 10.5 Å². The predicted molar refractivity (Wildman–Crippen MR) is 158 cm³/mol. The second-order valence-electron chi connectivity index (χ2n) is 12.8. The molecule has 11 nitrogen and oxygen atoms in total. The Bertz CT molecular complexity index is 1600. The molecule has 11 heteroatoms. The average Bonchev–Trinajstić information content (AvgIpc) is 3.48. The summed E-state index contributed by atoms with van der Waals surface area (Å²) in [5.74, 6) is -10.1. The van der Waals surface area contributed by atoms with Gasteiger partial charge in [-0.3, -0.25) is 33.8 Å². The first kappa shape index (κ1) is 30.1. The summed E-state index contributed by atoms with van der Waals surface area (Å²) in [5, 5.41) is 23.4. The molecule has 2 aromatic carbocycles. The lowest BCUT2D eigenvalue weighted by atomic mass is 9.52. The van der Waals surface area contributed by atoms with Crippen LogP contribution in [-0.4, -0.2) is 95.0 Å². The van der Waals surface area contributed by atoms with E-state index >= 15 is 0 Å². The zero-order chi connectivity index (χ0) is 31.7. The maximum absolute atomic E-state index is 14.1. The van der Waals surface area contributed by atoms with Gasteiger partial charge in [0.1, 0.15) is 11.5 Å². The number of carbonyl (C=O) groups is 5. The molecule has 6 rings (SSSR count). The van der Waals surface area contributed by atoms with Crippen molar-refractivity contribution in [3.63, 3.8) is 0 Å². The number of ether oxygens (including phenoxy) is 1. The number of likely N-dealkylation sites (N-methyl/N-ethyl adjacent to an activating group) is 1. The number of likely N-dealkylation sites (tertiary alicyclic amines) is 1. The molecule has 6 atom stereocenters. The molecule has 1 saturated heterocycles. The molecule has 3 aliphatic carbocycles. The highest BCUT2D eigenvalue weighted by Crippen LogP contribution is 2.52. The number of nitrogens with zero attached hydrogens (tertiary/aromatic N) is 2. The first-order valence-electron chi connectivity index (χ1n) is 15.0. The van der Waals surface area contributed by atoms with Crippen LogP contribution in [0.25, 0.3) is 11.1 Å². The lowest BCUT2D eigenvalue weighted by molar-refractivity contribution is -0.181. The van der Waals surface area contributed by atoms with Crippen molar-refractivity contribution in [1.29, 1.82) is 0 Å². The molecule has 232 valence electrons. The minimum Gasteiger partial charge on any atom is -0.507 e. The van der Waals surface area contributed by atoms with Crippen LogP contribution in [0.2, 0.25) is 0 Å².